The molecule has 0 radical (unpaired) electrons. The summed E-state index contributed by atoms with van der Waals surface area (Å²) in [5.41, 5.74) is 2.84. The highest BCUT2D eigenvalue weighted by Gasteiger charge is 2.13. The van der Waals surface area contributed by atoms with E-state index in [9.17, 15) is 0 Å². The molecule has 0 fully saturated rings. The molecule has 0 aliphatic carbocycles. The Balaban J connectivity index is 1.85. The summed E-state index contributed by atoms with van der Waals surface area (Å²) in [4.78, 5) is 9.46. The number of nitrogens with one attached hydrogen (secondary N) is 1. The number of fused-ring (bicyclic) bond motifs is 1. The van der Waals surface area contributed by atoms with E-state index in [2.05, 4.69) is 15.3 Å². The number of nitrogens with zero attached hydrogens (tertiary/aromatic N) is 3. The molecular formula is C13H13ClN4OS. The fraction of sp³-hybridized carbons (Fsp3) is 0.231. The van der Waals surface area contributed by atoms with Gasteiger partial charge in [0.1, 0.15) is 10.8 Å². The maximum absolute atomic E-state index is 5.92. The van der Waals surface area contributed by atoms with Crippen molar-refractivity contribution in [1.82, 2.24) is 14.4 Å². The molecule has 1 N–H and O–H groups in total. The summed E-state index contributed by atoms with van der Waals surface area (Å²) >= 11 is 7.50. The van der Waals surface area contributed by atoms with E-state index < -0.39 is 0 Å². The van der Waals surface area contributed by atoms with Gasteiger partial charge in [0.25, 0.3) is 0 Å². The zero-order valence-electron chi connectivity index (χ0n) is 11.1. The Hall–Kier alpha value is -1.79. The number of aryl methyl sites for hydroxylation is 1. The number of ether oxygens (including phenoxy) is 1. The van der Waals surface area contributed by atoms with Gasteiger partial charge < -0.3 is 10.1 Å². The third-order valence-corrected chi connectivity index (χ3v) is 4.14. The quantitative estimate of drug-likeness (QED) is 0.751. The van der Waals surface area contributed by atoms with E-state index in [1.165, 1.54) is 0 Å². The van der Waals surface area contributed by atoms with Crippen molar-refractivity contribution in [3.8, 4) is 5.88 Å². The Labute approximate surface area is 125 Å². The topological polar surface area (TPSA) is 51.5 Å². The third kappa shape index (κ3) is 2.32. The Morgan fingerprint density at radius 3 is 3.10 bits per heavy atom. The van der Waals surface area contributed by atoms with Crippen LogP contribution in [0.15, 0.2) is 23.8 Å². The molecule has 7 heteroatoms. The predicted molar refractivity (Wildman–Crippen MR) is 80.9 cm³/mol. The van der Waals surface area contributed by atoms with Gasteiger partial charge in [-0.05, 0) is 18.6 Å². The smallest absolute Gasteiger partial charge is 0.238 e. The molecule has 0 saturated heterocycles. The normalized spacial score (nSPS) is 10.9. The number of pyridine rings is 1. The van der Waals surface area contributed by atoms with Crippen LogP contribution in [0.3, 0.4) is 0 Å². The van der Waals surface area contributed by atoms with Gasteiger partial charge in [-0.1, -0.05) is 11.6 Å². The number of rotatable bonds is 4. The number of thiazole rings is 1. The minimum absolute atomic E-state index is 0.526. The van der Waals surface area contributed by atoms with Gasteiger partial charge in [-0.25, -0.2) is 4.98 Å². The van der Waals surface area contributed by atoms with E-state index in [4.69, 9.17) is 16.3 Å². The fourth-order valence-corrected chi connectivity index (χ4v) is 2.81. The standard InChI is InChI=1S/C13H13ClN4OS/c1-8-5-9(6-16-11(8)14)15-7-10-12(19-2)17-13-18(10)3-4-20-13/h3-6,15H,7H2,1-2H3. The third-order valence-electron chi connectivity index (χ3n) is 2.99. The Kier molecular flexibility index (Phi) is 3.50. The van der Waals surface area contributed by atoms with Crippen LogP contribution in [0.1, 0.15) is 11.3 Å². The number of imidazole rings is 1. The average molecular weight is 309 g/mol. The summed E-state index contributed by atoms with van der Waals surface area (Å²) in [6, 6.07) is 1.97. The molecule has 0 spiro atoms. The van der Waals surface area contributed by atoms with Crippen molar-refractivity contribution >= 4 is 33.6 Å². The van der Waals surface area contributed by atoms with Crippen molar-refractivity contribution in [2.24, 2.45) is 0 Å². The van der Waals surface area contributed by atoms with Crippen LogP contribution in [0.2, 0.25) is 5.15 Å². The van der Waals surface area contributed by atoms with Crippen molar-refractivity contribution in [3.63, 3.8) is 0 Å². The minimum Gasteiger partial charge on any atom is -0.480 e. The van der Waals surface area contributed by atoms with E-state index >= 15 is 0 Å². The highest BCUT2D eigenvalue weighted by molar-refractivity contribution is 7.15. The van der Waals surface area contributed by atoms with Crippen LogP contribution in [-0.4, -0.2) is 21.5 Å². The van der Waals surface area contributed by atoms with Crippen molar-refractivity contribution < 1.29 is 4.74 Å². The molecule has 0 bridgehead atoms. The molecule has 0 aromatic carbocycles. The summed E-state index contributed by atoms with van der Waals surface area (Å²) in [7, 11) is 1.63. The lowest BCUT2D eigenvalue weighted by Crippen LogP contribution is -2.04. The molecule has 0 aliphatic rings. The number of aromatic nitrogens is 3. The van der Waals surface area contributed by atoms with Gasteiger partial charge >= 0.3 is 0 Å². The van der Waals surface area contributed by atoms with E-state index in [0.717, 1.165) is 21.9 Å². The molecule has 0 unspecified atom stereocenters. The van der Waals surface area contributed by atoms with Crippen molar-refractivity contribution in [1.29, 1.82) is 0 Å². The molecular weight excluding hydrogens is 296 g/mol. The summed E-state index contributed by atoms with van der Waals surface area (Å²) in [5, 5.41) is 5.84. The first-order valence-electron chi connectivity index (χ1n) is 6.03. The van der Waals surface area contributed by atoms with Gasteiger partial charge in [0.15, 0.2) is 4.96 Å². The van der Waals surface area contributed by atoms with Gasteiger partial charge in [-0.2, -0.15) is 4.98 Å². The summed E-state index contributed by atoms with van der Waals surface area (Å²) in [5.74, 6) is 0.642. The maximum Gasteiger partial charge on any atom is 0.238 e. The van der Waals surface area contributed by atoms with Crippen molar-refractivity contribution in [2.45, 2.75) is 13.5 Å². The molecule has 5 nitrogen and oxygen atoms in total. The molecule has 3 aromatic heterocycles. The van der Waals surface area contributed by atoms with Crippen LogP contribution < -0.4 is 10.1 Å². The zero-order chi connectivity index (χ0) is 14.1. The van der Waals surface area contributed by atoms with E-state index in [0.29, 0.717) is 17.6 Å². The molecule has 0 atom stereocenters. The molecule has 3 heterocycles. The Morgan fingerprint density at radius 2 is 2.35 bits per heavy atom. The summed E-state index contributed by atoms with van der Waals surface area (Å²) in [6.07, 6.45) is 3.70. The van der Waals surface area contributed by atoms with E-state index in [1.807, 2.05) is 29.0 Å². The zero-order valence-corrected chi connectivity index (χ0v) is 12.6. The SMILES string of the molecule is COc1nc2sccn2c1CNc1cnc(Cl)c(C)c1. The highest BCUT2D eigenvalue weighted by Crippen LogP contribution is 2.24. The monoisotopic (exact) mass is 308 g/mol. The molecule has 0 aliphatic heterocycles. The summed E-state index contributed by atoms with van der Waals surface area (Å²) in [6.45, 7) is 2.53. The predicted octanol–water partition coefficient (Wildman–Crippen LogP) is 3.37. The molecule has 3 rings (SSSR count). The summed E-state index contributed by atoms with van der Waals surface area (Å²) < 4.78 is 7.34. The Morgan fingerprint density at radius 1 is 1.50 bits per heavy atom. The first kappa shape index (κ1) is 13.2. The molecule has 104 valence electrons. The lowest BCUT2D eigenvalue weighted by atomic mass is 10.3. The first-order chi connectivity index (χ1) is 9.69. The number of hydrogen-bond acceptors (Lipinski definition) is 5. The number of hydrogen-bond donors (Lipinski definition) is 1. The van der Waals surface area contributed by atoms with Gasteiger partial charge in [0.2, 0.25) is 5.88 Å². The maximum atomic E-state index is 5.92. The molecule has 0 amide bonds. The van der Waals surface area contributed by atoms with Crippen molar-refractivity contribution in [3.05, 3.63) is 40.3 Å². The fourth-order valence-electron chi connectivity index (χ4n) is 1.98. The van der Waals surface area contributed by atoms with Crippen molar-refractivity contribution in [2.75, 3.05) is 12.4 Å². The molecule has 0 saturated carbocycles. The second kappa shape index (κ2) is 5.30. The first-order valence-corrected chi connectivity index (χ1v) is 7.29. The van der Waals surface area contributed by atoms with Crippen LogP contribution in [0.25, 0.3) is 4.96 Å². The largest absolute Gasteiger partial charge is 0.480 e. The van der Waals surface area contributed by atoms with Gasteiger partial charge in [0, 0.05) is 11.6 Å². The van der Waals surface area contributed by atoms with E-state index in [1.54, 1.807) is 24.6 Å². The number of methoxy groups -OCH3 is 1. The lowest BCUT2D eigenvalue weighted by molar-refractivity contribution is 0.395. The van der Waals surface area contributed by atoms with Gasteiger partial charge in [-0.15, -0.1) is 11.3 Å². The van der Waals surface area contributed by atoms with Gasteiger partial charge in [-0.3, -0.25) is 4.40 Å². The molecule has 3 aromatic rings. The van der Waals surface area contributed by atoms with Crippen LogP contribution in [0.5, 0.6) is 5.88 Å². The second-order valence-corrected chi connectivity index (χ2v) is 5.54. The lowest BCUT2D eigenvalue weighted by Gasteiger charge is -2.08. The van der Waals surface area contributed by atoms with Gasteiger partial charge in [0.05, 0.1) is 25.5 Å². The minimum atomic E-state index is 0.526. The van der Waals surface area contributed by atoms with Crippen LogP contribution in [0.4, 0.5) is 5.69 Å². The van der Waals surface area contributed by atoms with E-state index in [-0.39, 0.29) is 0 Å². The number of anilines is 1. The second-order valence-electron chi connectivity index (χ2n) is 4.31. The van der Waals surface area contributed by atoms with Crippen LogP contribution in [0, 0.1) is 6.92 Å². The number of halogens is 1. The average Bonchev–Trinajstić information content (AvgIpc) is 3.00. The van der Waals surface area contributed by atoms with Crippen LogP contribution >= 0.6 is 22.9 Å². The Bertz CT molecular complexity index is 752. The highest BCUT2D eigenvalue weighted by atomic mass is 35.5. The molecule has 20 heavy (non-hydrogen) atoms. The van der Waals surface area contributed by atoms with Crippen LogP contribution in [-0.2, 0) is 6.54 Å².